The fourth-order valence-electron chi connectivity index (χ4n) is 2.59. The molecular weight excluding hydrogens is 302 g/mol. The number of nitrogens with zero attached hydrogens (tertiary/aromatic N) is 2. The normalized spacial score (nSPS) is 15.7. The van der Waals surface area contributed by atoms with Crippen molar-refractivity contribution in [3.63, 3.8) is 0 Å². The van der Waals surface area contributed by atoms with Crippen LogP contribution in [0, 0.1) is 0 Å². The molecule has 0 radical (unpaired) electrons. The first kappa shape index (κ1) is 16.8. The van der Waals surface area contributed by atoms with E-state index >= 15 is 0 Å². The first-order valence-electron chi connectivity index (χ1n) is 7.54. The van der Waals surface area contributed by atoms with Gasteiger partial charge in [0.2, 0.25) is 5.89 Å². The summed E-state index contributed by atoms with van der Waals surface area (Å²) in [6.07, 6.45) is 4.54. The topological polar surface area (TPSA) is 74.2 Å². The maximum atomic E-state index is 6.20. The minimum absolute atomic E-state index is 0. The van der Waals surface area contributed by atoms with Gasteiger partial charge in [-0.05, 0) is 44.2 Å². The molecule has 1 aromatic carbocycles. The van der Waals surface area contributed by atoms with Gasteiger partial charge in [0.1, 0.15) is 5.75 Å². The van der Waals surface area contributed by atoms with E-state index in [1.807, 2.05) is 25.1 Å². The van der Waals surface area contributed by atoms with Crippen LogP contribution in [0.4, 0.5) is 0 Å². The number of para-hydroxylation sites is 1. The van der Waals surface area contributed by atoms with Crippen LogP contribution < -0.4 is 10.5 Å². The number of halogens is 1. The van der Waals surface area contributed by atoms with E-state index in [-0.39, 0.29) is 17.9 Å². The third-order valence-electron chi connectivity index (χ3n) is 4.04. The highest BCUT2D eigenvalue weighted by molar-refractivity contribution is 5.85. The Hall–Kier alpha value is -1.59. The van der Waals surface area contributed by atoms with Crippen molar-refractivity contribution >= 4 is 12.4 Å². The predicted molar refractivity (Wildman–Crippen MR) is 86.3 cm³/mol. The molecule has 1 saturated carbocycles. The third kappa shape index (κ3) is 3.42. The van der Waals surface area contributed by atoms with Gasteiger partial charge >= 0.3 is 0 Å². The molecule has 0 atom stereocenters. The number of aryl methyl sites for hydroxylation is 2. The highest BCUT2D eigenvalue weighted by Crippen LogP contribution is 2.36. The van der Waals surface area contributed by atoms with Crippen molar-refractivity contribution in [1.29, 1.82) is 0 Å². The summed E-state index contributed by atoms with van der Waals surface area (Å²) in [5, 5.41) is 4.04. The first-order chi connectivity index (χ1) is 10.2. The molecule has 5 nitrogen and oxygen atoms in total. The third-order valence-corrected chi connectivity index (χ3v) is 4.04. The molecule has 6 heteroatoms. The molecule has 1 heterocycles. The zero-order chi connectivity index (χ0) is 14.7. The maximum absolute atomic E-state index is 6.20. The van der Waals surface area contributed by atoms with Crippen LogP contribution in [0.5, 0.6) is 5.75 Å². The van der Waals surface area contributed by atoms with Gasteiger partial charge < -0.3 is 15.0 Å². The fraction of sp³-hybridized carbons (Fsp3) is 0.500. The van der Waals surface area contributed by atoms with Crippen LogP contribution in [-0.4, -0.2) is 16.7 Å². The van der Waals surface area contributed by atoms with Crippen LogP contribution in [0.1, 0.15) is 43.5 Å². The van der Waals surface area contributed by atoms with Gasteiger partial charge in [-0.3, -0.25) is 0 Å². The van der Waals surface area contributed by atoms with Crippen molar-refractivity contribution in [2.75, 3.05) is 6.61 Å². The number of aromatic nitrogens is 2. The maximum Gasteiger partial charge on any atom is 0.227 e. The molecule has 1 fully saturated rings. The van der Waals surface area contributed by atoms with E-state index in [4.69, 9.17) is 15.0 Å². The van der Waals surface area contributed by atoms with E-state index in [1.165, 1.54) is 0 Å². The van der Waals surface area contributed by atoms with Crippen molar-refractivity contribution in [1.82, 2.24) is 10.1 Å². The van der Waals surface area contributed by atoms with E-state index < -0.39 is 0 Å². The van der Waals surface area contributed by atoms with Crippen molar-refractivity contribution < 1.29 is 9.26 Å². The molecule has 0 saturated heterocycles. The van der Waals surface area contributed by atoms with Gasteiger partial charge in [-0.25, -0.2) is 0 Å². The Morgan fingerprint density at radius 3 is 2.73 bits per heavy atom. The second-order valence-corrected chi connectivity index (χ2v) is 5.56. The molecule has 0 unspecified atom stereocenters. The van der Waals surface area contributed by atoms with Gasteiger partial charge in [0.25, 0.3) is 0 Å². The van der Waals surface area contributed by atoms with Crippen LogP contribution >= 0.6 is 12.4 Å². The van der Waals surface area contributed by atoms with Gasteiger partial charge in [0, 0.05) is 6.42 Å². The van der Waals surface area contributed by atoms with Gasteiger partial charge in [-0.1, -0.05) is 23.4 Å². The molecular formula is C16H22ClN3O2. The number of benzene rings is 1. The largest absolute Gasteiger partial charge is 0.494 e. The van der Waals surface area contributed by atoms with Gasteiger partial charge in [0.15, 0.2) is 5.82 Å². The molecule has 2 N–H and O–H groups in total. The quantitative estimate of drug-likeness (QED) is 0.884. The van der Waals surface area contributed by atoms with Crippen molar-refractivity contribution in [3.05, 3.63) is 41.5 Å². The predicted octanol–water partition coefficient (Wildman–Crippen LogP) is 3.01. The Morgan fingerprint density at radius 1 is 1.27 bits per heavy atom. The van der Waals surface area contributed by atoms with Crippen LogP contribution in [0.25, 0.3) is 0 Å². The Balaban J connectivity index is 0.00000176. The second-order valence-electron chi connectivity index (χ2n) is 5.56. The van der Waals surface area contributed by atoms with Gasteiger partial charge in [-0.15, -0.1) is 12.4 Å². The molecule has 0 bridgehead atoms. The summed E-state index contributed by atoms with van der Waals surface area (Å²) in [6, 6.07) is 8.05. The minimum atomic E-state index is -0.356. The summed E-state index contributed by atoms with van der Waals surface area (Å²) >= 11 is 0. The van der Waals surface area contributed by atoms with Crippen LogP contribution in [-0.2, 0) is 18.4 Å². The highest BCUT2D eigenvalue weighted by atomic mass is 35.5. The average Bonchev–Trinajstić information content (AvgIpc) is 2.93. The molecule has 120 valence electrons. The van der Waals surface area contributed by atoms with Crippen LogP contribution in [0.3, 0.4) is 0 Å². The lowest BCUT2D eigenvalue weighted by molar-refractivity contribution is 0.229. The van der Waals surface area contributed by atoms with E-state index in [0.29, 0.717) is 24.7 Å². The van der Waals surface area contributed by atoms with Crippen molar-refractivity contribution in [2.45, 2.75) is 44.6 Å². The van der Waals surface area contributed by atoms with Crippen molar-refractivity contribution in [2.24, 2.45) is 5.73 Å². The van der Waals surface area contributed by atoms with Gasteiger partial charge in [-0.2, -0.15) is 4.98 Å². The SMILES string of the molecule is CCOc1ccccc1CCc1nc(C2(N)CCC2)no1.Cl. The first-order valence-corrected chi connectivity index (χ1v) is 7.54. The van der Waals surface area contributed by atoms with E-state index in [0.717, 1.165) is 37.0 Å². The minimum Gasteiger partial charge on any atom is -0.494 e. The van der Waals surface area contributed by atoms with E-state index in [9.17, 15) is 0 Å². The monoisotopic (exact) mass is 323 g/mol. The summed E-state index contributed by atoms with van der Waals surface area (Å²) < 4.78 is 11.0. The molecule has 0 spiro atoms. The number of nitrogens with two attached hydrogens (primary N) is 1. The number of hydrogen-bond donors (Lipinski definition) is 1. The molecule has 1 aliphatic carbocycles. The Morgan fingerprint density at radius 2 is 2.05 bits per heavy atom. The van der Waals surface area contributed by atoms with E-state index in [1.54, 1.807) is 0 Å². The molecule has 0 aliphatic heterocycles. The molecule has 2 aromatic rings. The summed E-state index contributed by atoms with van der Waals surface area (Å²) in [5.41, 5.74) is 7.00. The molecule has 1 aliphatic rings. The Labute approximate surface area is 136 Å². The zero-order valence-corrected chi connectivity index (χ0v) is 13.6. The summed E-state index contributed by atoms with van der Waals surface area (Å²) in [5.74, 6) is 2.23. The average molecular weight is 324 g/mol. The summed E-state index contributed by atoms with van der Waals surface area (Å²) in [6.45, 7) is 2.65. The number of rotatable bonds is 6. The van der Waals surface area contributed by atoms with Crippen LogP contribution in [0.15, 0.2) is 28.8 Å². The van der Waals surface area contributed by atoms with E-state index in [2.05, 4.69) is 16.2 Å². The lowest BCUT2D eigenvalue weighted by Crippen LogP contribution is -2.44. The highest BCUT2D eigenvalue weighted by Gasteiger charge is 2.38. The number of hydrogen-bond acceptors (Lipinski definition) is 5. The summed E-state index contributed by atoms with van der Waals surface area (Å²) in [4.78, 5) is 4.45. The smallest absolute Gasteiger partial charge is 0.227 e. The Bertz CT molecular complexity index is 611. The Kier molecular flexibility index (Phi) is 5.42. The molecule has 3 rings (SSSR count). The summed E-state index contributed by atoms with van der Waals surface area (Å²) in [7, 11) is 0. The molecule has 0 amide bonds. The molecule has 1 aromatic heterocycles. The van der Waals surface area contributed by atoms with Crippen molar-refractivity contribution in [3.8, 4) is 5.75 Å². The number of ether oxygens (including phenoxy) is 1. The fourth-order valence-corrected chi connectivity index (χ4v) is 2.59. The van der Waals surface area contributed by atoms with Gasteiger partial charge in [0.05, 0.1) is 12.1 Å². The van der Waals surface area contributed by atoms with Crippen LogP contribution in [0.2, 0.25) is 0 Å². The lowest BCUT2D eigenvalue weighted by Gasteiger charge is -2.34. The zero-order valence-electron chi connectivity index (χ0n) is 12.7. The second kappa shape index (κ2) is 7.11. The lowest BCUT2D eigenvalue weighted by atomic mass is 9.77. The standard InChI is InChI=1S/C16H21N3O2.ClH/c1-2-20-13-7-4-3-6-12(13)8-9-14-18-15(19-21-14)16(17)10-5-11-16;/h3-4,6-7H,2,5,8-11,17H2,1H3;1H. The molecule has 22 heavy (non-hydrogen) atoms.